The van der Waals surface area contributed by atoms with Crippen molar-refractivity contribution in [1.29, 1.82) is 0 Å². The number of amides is 1. The Labute approximate surface area is 134 Å². The van der Waals surface area contributed by atoms with Gasteiger partial charge in [0.15, 0.2) is 0 Å². The number of rotatable bonds is 5. The first-order valence-electron chi connectivity index (χ1n) is 6.87. The van der Waals surface area contributed by atoms with E-state index in [-0.39, 0.29) is 12.3 Å². The number of hydrogen-bond acceptors (Lipinski definition) is 3. The minimum absolute atomic E-state index is 0.0295. The molecule has 0 heterocycles. The maximum absolute atomic E-state index is 12.1. The molecule has 4 nitrogen and oxygen atoms in total. The van der Waals surface area contributed by atoms with E-state index in [2.05, 4.69) is 5.32 Å². The van der Waals surface area contributed by atoms with Crippen molar-refractivity contribution in [3.05, 3.63) is 58.6 Å². The van der Waals surface area contributed by atoms with Crippen LogP contribution in [0, 0.1) is 6.92 Å². The molecule has 0 aromatic heterocycles. The summed E-state index contributed by atoms with van der Waals surface area (Å²) in [5.74, 6) is 0.401. The van der Waals surface area contributed by atoms with Gasteiger partial charge in [-0.25, -0.2) is 0 Å². The number of nitrogens with one attached hydrogen (secondary N) is 1. The predicted octanol–water partition coefficient (Wildman–Crippen LogP) is 3.72. The molecular weight excluding hydrogens is 302 g/mol. The monoisotopic (exact) mass is 319 g/mol. The molecule has 0 aliphatic carbocycles. The van der Waals surface area contributed by atoms with Crippen LogP contribution in [0.3, 0.4) is 0 Å². The normalized spacial score (nSPS) is 11.8. The highest BCUT2D eigenvalue weighted by atomic mass is 35.5. The number of carbonyl (C=O) groups is 1. The number of hydrogen-bond donors (Lipinski definition) is 2. The van der Waals surface area contributed by atoms with Crippen LogP contribution in [-0.4, -0.2) is 18.1 Å². The third-order valence-corrected chi connectivity index (χ3v) is 3.60. The smallest absolute Gasteiger partial charge is 0.227 e. The molecule has 0 saturated carbocycles. The molecule has 0 aliphatic rings. The van der Waals surface area contributed by atoms with E-state index in [1.807, 2.05) is 19.1 Å². The quantitative estimate of drug-likeness (QED) is 0.883. The van der Waals surface area contributed by atoms with E-state index < -0.39 is 6.10 Å². The van der Waals surface area contributed by atoms with Gasteiger partial charge in [0.25, 0.3) is 0 Å². The molecule has 22 heavy (non-hydrogen) atoms. The van der Waals surface area contributed by atoms with Crippen LogP contribution in [0.15, 0.2) is 42.5 Å². The molecule has 1 atom stereocenters. The number of anilines is 1. The number of aliphatic hydroxyl groups excluding tert-OH is 1. The van der Waals surface area contributed by atoms with Crippen molar-refractivity contribution in [2.75, 3.05) is 12.4 Å². The lowest BCUT2D eigenvalue weighted by Gasteiger charge is -2.13. The second-order valence-electron chi connectivity index (χ2n) is 5.00. The number of halogens is 1. The first-order valence-corrected chi connectivity index (χ1v) is 7.25. The van der Waals surface area contributed by atoms with Crippen molar-refractivity contribution in [1.82, 2.24) is 0 Å². The SMILES string of the molecule is COc1ccc(C)c(NC(=O)CC(O)c2ccc(Cl)cc2)c1. The van der Waals surface area contributed by atoms with E-state index >= 15 is 0 Å². The Bertz CT molecular complexity index is 655. The number of carbonyl (C=O) groups excluding carboxylic acids is 1. The maximum Gasteiger partial charge on any atom is 0.227 e. The average Bonchev–Trinajstić information content (AvgIpc) is 2.50. The van der Waals surface area contributed by atoms with Gasteiger partial charge in [0.1, 0.15) is 5.75 Å². The molecule has 2 aromatic carbocycles. The highest BCUT2D eigenvalue weighted by molar-refractivity contribution is 6.30. The zero-order valence-electron chi connectivity index (χ0n) is 12.5. The van der Waals surface area contributed by atoms with Crippen LogP contribution in [0.1, 0.15) is 23.7 Å². The van der Waals surface area contributed by atoms with Crippen LogP contribution < -0.4 is 10.1 Å². The van der Waals surface area contributed by atoms with Gasteiger partial charge in [-0.15, -0.1) is 0 Å². The van der Waals surface area contributed by atoms with Gasteiger partial charge in [0.05, 0.1) is 19.6 Å². The maximum atomic E-state index is 12.1. The minimum Gasteiger partial charge on any atom is -0.497 e. The average molecular weight is 320 g/mol. The predicted molar refractivity (Wildman–Crippen MR) is 87.4 cm³/mol. The lowest BCUT2D eigenvalue weighted by Crippen LogP contribution is -2.16. The number of ether oxygens (including phenoxy) is 1. The lowest BCUT2D eigenvalue weighted by atomic mass is 10.1. The molecular formula is C17H18ClNO3. The summed E-state index contributed by atoms with van der Waals surface area (Å²) in [6, 6.07) is 12.2. The van der Waals surface area contributed by atoms with Crippen molar-refractivity contribution >= 4 is 23.2 Å². The Kier molecular flexibility index (Phi) is 5.41. The summed E-state index contributed by atoms with van der Waals surface area (Å²) < 4.78 is 5.14. The first kappa shape index (κ1) is 16.3. The third kappa shape index (κ3) is 4.23. The van der Waals surface area contributed by atoms with E-state index in [1.54, 1.807) is 37.4 Å². The van der Waals surface area contributed by atoms with Gasteiger partial charge < -0.3 is 15.2 Å². The van der Waals surface area contributed by atoms with Gasteiger partial charge in [0.2, 0.25) is 5.91 Å². The zero-order valence-corrected chi connectivity index (χ0v) is 13.2. The summed E-state index contributed by atoms with van der Waals surface area (Å²) in [5, 5.41) is 13.5. The Morgan fingerprint density at radius 1 is 1.27 bits per heavy atom. The van der Waals surface area contributed by atoms with Gasteiger partial charge in [0, 0.05) is 16.8 Å². The van der Waals surface area contributed by atoms with Gasteiger partial charge in [-0.05, 0) is 36.2 Å². The molecule has 0 aliphatic heterocycles. The molecule has 0 saturated heterocycles. The number of methoxy groups -OCH3 is 1. The molecule has 0 radical (unpaired) electrons. The van der Waals surface area contributed by atoms with Crippen LogP contribution in [0.4, 0.5) is 5.69 Å². The van der Waals surface area contributed by atoms with Gasteiger partial charge in [-0.1, -0.05) is 29.8 Å². The molecule has 2 rings (SSSR count). The molecule has 0 bridgehead atoms. The van der Waals surface area contributed by atoms with E-state index in [1.165, 1.54) is 0 Å². The lowest BCUT2D eigenvalue weighted by molar-refractivity contribution is -0.118. The van der Waals surface area contributed by atoms with Crippen LogP contribution in [0.25, 0.3) is 0 Å². The van der Waals surface area contributed by atoms with Gasteiger partial charge in [-0.2, -0.15) is 0 Å². The largest absolute Gasteiger partial charge is 0.497 e. The molecule has 5 heteroatoms. The zero-order chi connectivity index (χ0) is 16.1. The van der Waals surface area contributed by atoms with E-state index in [4.69, 9.17) is 16.3 Å². The van der Waals surface area contributed by atoms with Gasteiger partial charge in [-0.3, -0.25) is 4.79 Å². The Balaban J connectivity index is 2.02. The number of aryl methyl sites for hydroxylation is 1. The van der Waals surface area contributed by atoms with Crippen LogP contribution in [0.2, 0.25) is 5.02 Å². The first-order chi connectivity index (χ1) is 10.5. The van der Waals surface area contributed by atoms with Crippen molar-refractivity contribution in [2.24, 2.45) is 0 Å². The molecule has 1 amide bonds. The second kappa shape index (κ2) is 7.29. The fourth-order valence-corrected chi connectivity index (χ4v) is 2.17. The highest BCUT2D eigenvalue weighted by Crippen LogP contribution is 2.23. The van der Waals surface area contributed by atoms with E-state index in [0.717, 1.165) is 5.56 Å². The molecule has 2 N–H and O–H groups in total. The standard InChI is InChI=1S/C17H18ClNO3/c1-11-3-8-14(22-2)9-15(11)19-17(21)10-16(20)12-4-6-13(18)7-5-12/h3-9,16,20H,10H2,1-2H3,(H,19,21). The highest BCUT2D eigenvalue weighted by Gasteiger charge is 2.14. The summed E-state index contributed by atoms with van der Waals surface area (Å²) >= 11 is 5.80. The Hall–Kier alpha value is -2.04. The number of benzene rings is 2. The molecule has 116 valence electrons. The summed E-state index contributed by atoms with van der Waals surface area (Å²) in [4.78, 5) is 12.1. The van der Waals surface area contributed by atoms with E-state index in [0.29, 0.717) is 22.0 Å². The van der Waals surface area contributed by atoms with E-state index in [9.17, 15) is 9.90 Å². The second-order valence-corrected chi connectivity index (χ2v) is 5.44. The molecule has 0 fully saturated rings. The van der Waals surface area contributed by atoms with Crippen LogP contribution in [0.5, 0.6) is 5.75 Å². The topological polar surface area (TPSA) is 58.6 Å². The summed E-state index contributed by atoms with van der Waals surface area (Å²) in [5.41, 5.74) is 2.25. The fraction of sp³-hybridized carbons (Fsp3) is 0.235. The van der Waals surface area contributed by atoms with Crippen LogP contribution in [-0.2, 0) is 4.79 Å². The summed E-state index contributed by atoms with van der Waals surface area (Å²) in [7, 11) is 1.57. The van der Waals surface area contributed by atoms with Crippen molar-refractivity contribution in [2.45, 2.75) is 19.4 Å². The summed E-state index contributed by atoms with van der Waals surface area (Å²) in [6.07, 6.45) is -0.902. The minimum atomic E-state index is -0.872. The van der Waals surface area contributed by atoms with Crippen molar-refractivity contribution in [3.8, 4) is 5.75 Å². The van der Waals surface area contributed by atoms with Crippen molar-refractivity contribution in [3.63, 3.8) is 0 Å². The van der Waals surface area contributed by atoms with Crippen LogP contribution >= 0.6 is 11.6 Å². The summed E-state index contributed by atoms with van der Waals surface area (Å²) in [6.45, 7) is 1.89. The van der Waals surface area contributed by atoms with Crippen molar-refractivity contribution < 1.29 is 14.6 Å². The Morgan fingerprint density at radius 2 is 1.95 bits per heavy atom. The van der Waals surface area contributed by atoms with Gasteiger partial charge >= 0.3 is 0 Å². The molecule has 0 spiro atoms. The number of aliphatic hydroxyl groups is 1. The molecule has 2 aromatic rings. The molecule has 1 unspecified atom stereocenters. The Morgan fingerprint density at radius 3 is 2.59 bits per heavy atom. The third-order valence-electron chi connectivity index (χ3n) is 3.35. The fourth-order valence-electron chi connectivity index (χ4n) is 2.04.